The third-order valence-electron chi connectivity index (χ3n) is 7.64. The zero-order valence-corrected chi connectivity index (χ0v) is 22.2. The molecule has 6 rings (SSSR count). The number of H-pyrrole nitrogens is 2. The fraction of sp³-hybridized carbons (Fsp3) is 0.250. The van der Waals surface area contributed by atoms with Crippen molar-refractivity contribution in [2.24, 2.45) is 5.92 Å². The summed E-state index contributed by atoms with van der Waals surface area (Å²) in [5, 5.41) is 12.5. The Bertz CT molecular complexity index is 1670. The average Bonchev–Trinajstić information content (AvgIpc) is 3.74. The molecular formula is C32H33N7. The topological polar surface area (TPSA) is 95.2 Å². The van der Waals surface area contributed by atoms with Crippen molar-refractivity contribution in [3.63, 3.8) is 0 Å². The van der Waals surface area contributed by atoms with Gasteiger partial charge in [-0.25, -0.2) is 4.98 Å². The molecule has 0 saturated heterocycles. The number of hydrogen-bond acceptors (Lipinski definition) is 5. The molecule has 1 aromatic carbocycles. The second-order valence-corrected chi connectivity index (χ2v) is 10.2. The summed E-state index contributed by atoms with van der Waals surface area (Å²) in [6.07, 6.45) is 19.0. The van der Waals surface area contributed by atoms with E-state index in [0.29, 0.717) is 5.82 Å². The van der Waals surface area contributed by atoms with Crippen LogP contribution in [0, 0.1) is 5.92 Å². The summed E-state index contributed by atoms with van der Waals surface area (Å²) in [5.74, 6) is 1.51. The lowest BCUT2D eigenvalue weighted by Gasteiger charge is -2.12. The summed E-state index contributed by atoms with van der Waals surface area (Å²) in [5.41, 5.74) is 8.80. The average molecular weight is 516 g/mol. The molecule has 0 radical (unpaired) electrons. The van der Waals surface area contributed by atoms with Crippen molar-refractivity contribution in [3.05, 3.63) is 91.1 Å². The summed E-state index contributed by atoms with van der Waals surface area (Å²) in [6.45, 7) is 8.04. The molecule has 1 aliphatic carbocycles. The second kappa shape index (κ2) is 11.2. The standard InChI is InChI=1S/C32H33N7/c1-3-21(16-34-17-22-8-5-6-9-22)14-23(4-2)24-11-12-28-26(15-24)31(39-38-28)32-36-29-20-35-19-27(30(29)37-32)25-10-7-13-33-18-25/h3-4,7,10-15,18-20,22,34H,1,5-6,8-9,16-17H2,2H3,(H,36,37)(H,38,39)/b21-14+,23-4+. The van der Waals surface area contributed by atoms with E-state index in [1.807, 2.05) is 30.6 Å². The van der Waals surface area contributed by atoms with Gasteiger partial charge in [0.2, 0.25) is 0 Å². The Morgan fingerprint density at radius 2 is 2.00 bits per heavy atom. The van der Waals surface area contributed by atoms with Crippen LogP contribution in [-0.4, -0.2) is 43.2 Å². The van der Waals surface area contributed by atoms with Gasteiger partial charge in [0.15, 0.2) is 5.82 Å². The number of imidazole rings is 1. The van der Waals surface area contributed by atoms with Crippen molar-refractivity contribution in [3.8, 4) is 22.6 Å². The van der Waals surface area contributed by atoms with Gasteiger partial charge in [-0.15, -0.1) is 0 Å². The summed E-state index contributed by atoms with van der Waals surface area (Å²) >= 11 is 0. The molecule has 1 fully saturated rings. The minimum Gasteiger partial charge on any atom is -0.335 e. The Morgan fingerprint density at radius 3 is 2.79 bits per heavy atom. The molecule has 7 nitrogen and oxygen atoms in total. The van der Waals surface area contributed by atoms with E-state index in [1.54, 1.807) is 12.4 Å². The molecule has 0 atom stereocenters. The van der Waals surface area contributed by atoms with Gasteiger partial charge in [0, 0.05) is 41.6 Å². The summed E-state index contributed by atoms with van der Waals surface area (Å²) < 4.78 is 0. The predicted octanol–water partition coefficient (Wildman–Crippen LogP) is 6.86. The van der Waals surface area contributed by atoms with Crippen LogP contribution in [0.4, 0.5) is 0 Å². The molecular weight excluding hydrogens is 482 g/mol. The van der Waals surface area contributed by atoms with E-state index in [1.165, 1.54) is 31.3 Å². The van der Waals surface area contributed by atoms with Crippen molar-refractivity contribution in [2.75, 3.05) is 13.1 Å². The van der Waals surface area contributed by atoms with E-state index in [-0.39, 0.29) is 0 Å². The van der Waals surface area contributed by atoms with Gasteiger partial charge in [-0.1, -0.05) is 49.8 Å². The lowest BCUT2D eigenvalue weighted by Crippen LogP contribution is -2.23. The van der Waals surface area contributed by atoms with Gasteiger partial charge in [-0.3, -0.25) is 15.1 Å². The molecule has 1 aliphatic rings. The van der Waals surface area contributed by atoms with Gasteiger partial charge in [-0.2, -0.15) is 5.10 Å². The number of nitrogens with one attached hydrogen (secondary N) is 3. The van der Waals surface area contributed by atoms with Crippen LogP contribution in [-0.2, 0) is 0 Å². The molecule has 7 heteroatoms. The number of aromatic nitrogens is 6. The molecule has 0 spiro atoms. The lowest BCUT2D eigenvalue weighted by atomic mass is 10.00. The third-order valence-corrected chi connectivity index (χ3v) is 7.64. The Hall–Kier alpha value is -4.36. The van der Waals surface area contributed by atoms with Crippen LogP contribution in [0.2, 0.25) is 0 Å². The summed E-state index contributed by atoms with van der Waals surface area (Å²) in [4.78, 5) is 17.1. The molecule has 1 saturated carbocycles. The highest BCUT2D eigenvalue weighted by atomic mass is 15.1. The Morgan fingerprint density at radius 1 is 1.10 bits per heavy atom. The van der Waals surface area contributed by atoms with Crippen LogP contribution in [0.5, 0.6) is 0 Å². The van der Waals surface area contributed by atoms with Crippen molar-refractivity contribution < 1.29 is 0 Å². The number of aromatic amines is 2. The number of fused-ring (bicyclic) bond motifs is 2. The SMILES string of the molecule is C=C/C(=C\C(=C/C)c1ccc2[nH]nc(-c3nc4c(-c5cccnc5)cncc4[nH]3)c2c1)CNCC1CCCC1. The molecule has 4 aromatic heterocycles. The van der Waals surface area contributed by atoms with E-state index < -0.39 is 0 Å². The highest BCUT2D eigenvalue weighted by Gasteiger charge is 2.17. The highest BCUT2D eigenvalue weighted by molar-refractivity contribution is 5.97. The van der Waals surface area contributed by atoms with Crippen molar-refractivity contribution >= 4 is 27.5 Å². The van der Waals surface area contributed by atoms with E-state index in [0.717, 1.165) is 68.9 Å². The van der Waals surface area contributed by atoms with Gasteiger partial charge in [0.1, 0.15) is 11.2 Å². The fourth-order valence-electron chi connectivity index (χ4n) is 5.50. The zero-order valence-electron chi connectivity index (χ0n) is 22.2. The third kappa shape index (κ3) is 5.18. The van der Waals surface area contributed by atoms with E-state index in [9.17, 15) is 0 Å². The van der Waals surface area contributed by atoms with Crippen LogP contribution in [0.15, 0.2) is 85.5 Å². The Balaban J connectivity index is 1.30. The predicted molar refractivity (Wildman–Crippen MR) is 159 cm³/mol. The van der Waals surface area contributed by atoms with Crippen LogP contribution in [0.25, 0.3) is 50.2 Å². The first kappa shape index (κ1) is 24.9. The second-order valence-electron chi connectivity index (χ2n) is 10.2. The number of hydrogen-bond donors (Lipinski definition) is 3. The molecule has 0 unspecified atom stereocenters. The van der Waals surface area contributed by atoms with Crippen molar-refractivity contribution in [1.29, 1.82) is 0 Å². The fourth-order valence-corrected chi connectivity index (χ4v) is 5.50. The maximum Gasteiger partial charge on any atom is 0.159 e. The number of benzene rings is 1. The van der Waals surface area contributed by atoms with Gasteiger partial charge < -0.3 is 10.3 Å². The van der Waals surface area contributed by atoms with Crippen LogP contribution < -0.4 is 5.32 Å². The van der Waals surface area contributed by atoms with E-state index in [4.69, 9.17) is 4.98 Å². The molecule has 5 aromatic rings. The molecule has 3 N–H and O–H groups in total. The number of rotatable bonds is 9. The highest BCUT2D eigenvalue weighted by Crippen LogP contribution is 2.32. The monoisotopic (exact) mass is 515 g/mol. The van der Waals surface area contributed by atoms with Crippen molar-refractivity contribution in [2.45, 2.75) is 32.6 Å². The first-order chi connectivity index (χ1) is 19.2. The van der Waals surface area contributed by atoms with Crippen LogP contribution in [0.3, 0.4) is 0 Å². The molecule has 196 valence electrons. The first-order valence-corrected chi connectivity index (χ1v) is 13.7. The lowest BCUT2D eigenvalue weighted by molar-refractivity contribution is 0.503. The molecule has 39 heavy (non-hydrogen) atoms. The quantitative estimate of drug-likeness (QED) is 0.186. The molecule has 0 amide bonds. The Kier molecular flexibility index (Phi) is 7.15. The van der Waals surface area contributed by atoms with Gasteiger partial charge >= 0.3 is 0 Å². The number of nitrogens with zero attached hydrogens (tertiary/aromatic N) is 4. The van der Waals surface area contributed by atoms with Crippen LogP contribution >= 0.6 is 0 Å². The summed E-state index contributed by atoms with van der Waals surface area (Å²) in [6, 6.07) is 10.3. The zero-order chi connectivity index (χ0) is 26.6. The van der Waals surface area contributed by atoms with Gasteiger partial charge in [0.25, 0.3) is 0 Å². The Labute approximate surface area is 228 Å². The molecule has 0 aliphatic heterocycles. The molecule has 4 heterocycles. The van der Waals surface area contributed by atoms with E-state index in [2.05, 4.69) is 74.3 Å². The van der Waals surface area contributed by atoms with E-state index >= 15 is 0 Å². The number of pyridine rings is 2. The van der Waals surface area contributed by atoms with Crippen molar-refractivity contribution in [1.82, 2.24) is 35.5 Å². The smallest absolute Gasteiger partial charge is 0.159 e. The number of allylic oxidation sites excluding steroid dienone is 3. The normalized spacial score (nSPS) is 15.0. The molecule has 0 bridgehead atoms. The largest absolute Gasteiger partial charge is 0.335 e. The van der Waals surface area contributed by atoms with Gasteiger partial charge in [0.05, 0.1) is 17.2 Å². The first-order valence-electron chi connectivity index (χ1n) is 13.7. The van der Waals surface area contributed by atoms with Crippen LogP contribution in [0.1, 0.15) is 38.2 Å². The minimum atomic E-state index is 0.701. The van der Waals surface area contributed by atoms with Gasteiger partial charge in [-0.05, 0) is 67.1 Å². The summed E-state index contributed by atoms with van der Waals surface area (Å²) in [7, 11) is 0. The maximum atomic E-state index is 4.95. The minimum absolute atomic E-state index is 0.701. The maximum absolute atomic E-state index is 4.95.